The Morgan fingerprint density at radius 3 is 2.28 bits per heavy atom. The Labute approximate surface area is 188 Å². The number of aryl methyl sites for hydroxylation is 2. The van der Waals surface area contributed by atoms with E-state index in [0.717, 1.165) is 11.3 Å². The van der Waals surface area contributed by atoms with Gasteiger partial charge in [0.25, 0.3) is 0 Å². The fourth-order valence-electron chi connectivity index (χ4n) is 4.13. The molecule has 1 unspecified atom stereocenters. The first-order valence-electron chi connectivity index (χ1n) is 10.9. The summed E-state index contributed by atoms with van der Waals surface area (Å²) in [6.07, 6.45) is 0. The molecule has 1 aromatic carbocycles. The standard InChI is InChI=1S/C24H32N4O4/c1-15-6-8-19(9-7-15)26-20(29)14-27-10-12-28(13-11-27)18(4)23(30)22-16(2)21(17(3)25-22)24(31)32-5/h6-9,18,25H,10-14H2,1-5H3,(H,26,29). The number of nitrogens with one attached hydrogen (secondary N) is 2. The van der Waals surface area contributed by atoms with Crippen LogP contribution in [0.2, 0.25) is 0 Å². The zero-order valence-corrected chi connectivity index (χ0v) is 19.4. The molecular formula is C24H32N4O4. The Balaban J connectivity index is 1.54. The second-order valence-corrected chi connectivity index (χ2v) is 8.38. The van der Waals surface area contributed by atoms with E-state index >= 15 is 0 Å². The fourth-order valence-corrected chi connectivity index (χ4v) is 4.13. The van der Waals surface area contributed by atoms with Gasteiger partial charge in [-0.05, 0) is 45.4 Å². The maximum Gasteiger partial charge on any atom is 0.339 e. The molecule has 0 aliphatic carbocycles. The number of piperazine rings is 1. The third kappa shape index (κ3) is 5.26. The van der Waals surface area contributed by atoms with Gasteiger partial charge in [0.05, 0.1) is 31.0 Å². The molecule has 0 radical (unpaired) electrons. The van der Waals surface area contributed by atoms with E-state index in [2.05, 4.69) is 20.1 Å². The predicted molar refractivity (Wildman–Crippen MR) is 123 cm³/mol. The van der Waals surface area contributed by atoms with Gasteiger partial charge in [-0.3, -0.25) is 19.4 Å². The molecule has 1 atom stereocenters. The smallest absolute Gasteiger partial charge is 0.339 e. The first-order valence-corrected chi connectivity index (χ1v) is 10.9. The number of benzene rings is 1. The molecule has 1 aliphatic rings. The first-order chi connectivity index (χ1) is 15.2. The number of methoxy groups -OCH3 is 1. The van der Waals surface area contributed by atoms with E-state index in [4.69, 9.17) is 4.74 Å². The van der Waals surface area contributed by atoms with Crippen molar-refractivity contribution in [1.29, 1.82) is 0 Å². The van der Waals surface area contributed by atoms with Gasteiger partial charge in [0.2, 0.25) is 5.91 Å². The van der Waals surface area contributed by atoms with Gasteiger partial charge in [0.15, 0.2) is 5.78 Å². The van der Waals surface area contributed by atoms with Crippen molar-refractivity contribution >= 4 is 23.3 Å². The molecule has 1 fully saturated rings. The number of rotatable bonds is 7. The number of ketones is 1. The number of aromatic amines is 1. The minimum absolute atomic E-state index is 0.0424. The number of nitrogens with zero attached hydrogens (tertiary/aromatic N) is 2. The number of amides is 1. The summed E-state index contributed by atoms with van der Waals surface area (Å²) in [7, 11) is 1.33. The monoisotopic (exact) mass is 440 g/mol. The van der Waals surface area contributed by atoms with E-state index in [1.165, 1.54) is 7.11 Å². The van der Waals surface area contributed by atoms with Crippen molar-refractivity contribution in [2.45, 2.75) is 33.7 Å². The summed E-state index contributed by atoms with van der Waals surface area (Å²) in [6.45, 7) is 10.5. The third-order valence-corrected chi connectivity index (χ3v) is 6.11. The molecule has 2 aromatic rings. The second-order valence-electron chi connectivity index (χ2n) is 8.38. The van der Waals surface area contributed by atoms with Crippen LogP contribution in [0.4, 0.5) is 5.69 Å². The largest absolute Gasteiger partial charge is 0.465 e. The number of hydrogen-bond acceptors (Lipinski definition) is 6. The van der Waals surface area contributed by atoms with Crippen LogP contribution < -0.4 is 5.32 Å². The van der Waals surface area contributed by atoms with Crippen LogP contribution in [0.25, 0.3) is 0 Å². The highest BCUT2D eigenvalue weighted by molar-refractivity contribution is 6.03. The number of hydrogen-bond donors (Lipinski definition) is 2. The highest BCUT2D eigenvalue weighted by atomic mass is 16.5. The Morgan fingerprint density at radius 1 is 1.06 bits per heavy atom. The minimum Gasteiger partial charge on any atom is -0.465 e. The van der Waals surface area contributed by atoms with E-state index in [9.17, 15) is 14.4 Å². The summed E-state index contributed by atoms with van der Waals surface area (Å²) in [6, 6.07) is 7.39. The molecule has 0 saturated carbocycles. The molecule has 8 heteroatoms. The molecule has 32 heavy (non-hydrogen) atoms. The predicted octanol–water partition coefficient (Wildman–Crippen LogP) is 2.55. The number of esters is 1. The van der Waals surface area contributed by atoms with Crippen molar-refractivity contribution in [3.05, 3.63) is 52.3 Å². The van der Waals surface area contributed by atoms with Crippen molar-refractivity contribution in [1.82, 2.24) is 14.8 Å². The van der Waals surface area contributed by atoms with Crippen LogP contribution in [-0.2, 0) is 9.53 Å². The first kappa shape index (κ1) is 23.7. The van der Waals surface area contributed by atoms with Crippen molar-refractivity contribution in [2.24, 2.45) is 0 Å². The van der Waals surface area contributed by atoms with E-state index < -0.39 is 5.97 Å². The van der Waals surface area contributed by atoms with Crippen molar-refractivity contribution in [3.63, 3.8) is 0 Å². The molecule has 8 nitrogen and oxygen atoms in total. The molecule has 0 spiro atoms. The Hall–Kier alpha value is -2.97. The van der Waals surface area contributed by atoms with Crippen molar-refractivity contribution in [2.75, 3.05) is 45.2 Å². The van der Waals surface area contributed by atoms with Crippen molar-refractivity contribution < 1.29 is 19.1 Å². The Bertz CT molecular complexity index is 988. The average molecular weight is 441 g/mol. The Kier molecular flexibility index (Phi) is 7.48. The third-order valence-electron chi connectivity index (χ3n) is 6.11. The maximum absolute atomic E-state index is 13.1. The number of carbonyl (C=O) groups excluding carboxylic acids is 3. The SMILES string of the molecule is COC(=O)c1c(C)[nH]c(C(=O)C(C)N2CCN(CC(=O)Nc3ccc(C)cc3)CC2)c1C. The quantitative estimate of drug-likeness (QED) is 0.508. The zero-order valence-electron chi connectivity index (χ0n) is 19.4. The summed E-state index contributed by atoms with van der Waals surface area (Å²) in [5, 5.41) is 2.93. The lowest BCUT2D eigenvalue weighted by atomic mass is 10.0. The molecular weight excluding hydrogens is 408 g/mol. The minimum atomic E-state index is -0.444. The molecule has 2 heterocycles. The molecule has 1 saturated heterocycles. The summed E-state index contributed by atoms with van der Waals surface area (Å²) in [5.41, 5.74) is 4.07. The lowest BCUT2D eigenvalue weighted by Crippen LogP contribution is -2.53. The second kappa shape index (κ2) is 10.1. The molecule has 2 N–H and O–H groups in total. The van der Waals surface area contributed by atoms with Crippen LogP contribution in [0.5, 0.6) is 0 Å². The van der Waals surface area contributed by atoms with Gasteiger partial charge in [-0.1, -0.05) is 17.7 Å². The summed E-state index contributed by atoms with van der Waals surface area (Å²) in [4.78, 5) is 44.8. The van der Waals surface area contributed by atoms with Gasteiger partial charge in [-0.25, -0.2) is 4.79 Å². The summed E-state index contributed by atoms with van der Waals surface area (Å²) >= 11 is 0. The maximum atomic E-state index is 13.1. The Morgan fingerprint density at radius 2 is 1.69 bits per heavy atom. The highest BCUT2D eigenvalue weighted by Gasteiger charge is 2.30. The topological polar surface area (TPSA) is 94.7 Å². The lowest BCUT2D eigenvalue weighted by molar-refractivity contribution is -0.117. The van der Waals surface area contributed by atoms with Crippen LogP contribution in [0.1, 0.15) is 44.6 Å². The number of Topliss-reactive ketones (excluding diaryl/α,β-unsaturated/α-hetero) is 1. The van der Waals surface area contributed by atoms with E-state index in [0.29, 0.717) is 55.2 Å². The number of aromatic nitrogens is 1. The lowest BCUT2D eigenvalue weighted by Gasteiger charge is -2.37. The van der Waals surface area contributed by atoms with Gasteiger partial charge in [0, 0.05) is 37.6 Å². The summed E-state index contributed by atoms with van der Waals surface area (Å²) < 4.78 is 4.84. The van der Waals surface area contributed by atoms with E-state index in [1.54, 1.807) is 13.8 Å². The molecule has 1 amide bonds. The van der Waals surface area contributed by atoms with Gasteiger partial charge in [-0.2, -0.15) is 0 Å². The van der Waals surface area contributed by atoms with Crippen LogP contribution in [0.3, 0.4) is 0 Å². The van der Waals surface area contributed by atoms with Crippen LogP contribution in [0.15, 0.2) is 24.3 Å². The number of anilines is 1. The molecule has 1 aliphatic heterocycles. The molecule has 1 aromatic heterocycles. The van der Waals surface area contributed by atoms with Gasteiger partial charge in [-0.15, -0.1) is 0 Å². The number of H-pyrrole nitrogens is 1. The molecule has 0 bridgehead atoms. The van der Waals surface area contributed by atoms with Crippen LogP contribution in [0, 0.1) is 20.8 Å². The van der Waals surface area contributed by atoms with E-state index in [-0.39, 0.29) is 17.7 Å². The fraction of sp³-hybridized carbons (Fsp3) is 0.458. The zero-order chi connectivity index (χ0) is 23.4. The molecule has 3 rings (SSSR count). The molecule has 172 valence electrons. The van der Waals surface area contributed by atoms with Crippen molar-refractivity contribution in [3.8, 4) is 0 Å². The number of ether oxygens (including phenoxy) is 1. The van der Waals surface area contributed by atoms with Gasteiger partial charge in [0.1, 0.15) is 0 Å². The average Bonchev–Trinajstić information content (AvgIpc) is 3.08. The van der Waals surface area contributed by atoms with E-state index in [1.807, 2.05) is 38.1 Å². The van der Waals surface area contributed by atoms with Gasteiger partial charge >= 0.3 is 5.97 Å². The normalized spacial score (nSPS) is 15.9. The van der Waals surface area contributed by atoms with Gasteiger partial charge < -0.3 is 15.0 Å². The van der Waals surface area contributed by atoms with Crippen LogP contribution >= 0.6 is 0 Å². The highest BCUT2D eigenvalue weighted by Crippen LogP contribution is 2.22. The summed E-state index contributed by atoms with van der Waals surface area (Å²) in [5.74, 6) is -0.536. The number of carbonyl (C=O) groups is 3. The van der Waals surface area contributed by atoms with Crippen LogP contribution in [-0.4, -0.2) is 78.3 Å².